The van der Waals surface area contributed by atoms with Gasteiger partial charge in [0.1, 0.15) is 17.7 Å². The molecule has 3 fully saturated rings. The van der Waals surface area contributed by atoms with Crippen molar-refractivity contribution < 1.29 is 31.5 Å². The molecule has 0 spiro atoms. The third kappa shape index (κ3) is 8.33. The van der Waals surface area contributed by atoms with E-state index in [1.54, 1.807) is 28.6 Å². The van der Waals surface area contributed by atoms with Crippen molar-refractivity contribution in [3.05, 3.63) is 70.2 Å². The molecule has 246 valence electrons. The van der Waals surface area contributed by atoms with Gasteiger partial charge in [-0.1, -0.05) is 36.6 Å². The summed E-state index contributed by atoms with van der Waals surface area (Å²) in [6.07, 6.45) is 5.49. The molecule has 45 heavy (non-hydrogen) atoms. The van der Waals surface area contributed by atoms with Crippen molar-refractivity contribution in [1.29, 1.82) is 0 Å². The molecule has 2 aromatic carbocycles. The van der Waals surface area contributed by atoms with Gasteiger partial charge in [-0.25, -0.2) is 22.0 Å². The highest BCUT2D eigenvalue weighted by molar-refractivity contribution is 7.89. The lowest BCUT2D eigenvalue weighted by molar-refractivity contribution is -0.124. The minimum atomic E-state index is -3.31. The Bertz CT molecular complexity index is 1440. The largest absolute Gasteiger partial charge is 0.453 e. The number of nitrogens with one attached hydrogen (secondary N) is 3. The van der Waals surface area contributed by atoms with Crippen LogP contribution in [0.3, 0.4) is 0 Å². The molecule has 1 saturated carbocycles. The smallest absolute Gasteiger partial charge is 0.407 e. The second kappa shape index (κ2) is 14.7. The van der Waals surface area contributed by atoms with Crippen LogP contribution in [0, 0.1) is 17.6 Å². The van der Waals surface area contributed by atoms with Crippen LogP contribution in [0.15, 0.2) is 42.5 Å². The first-order valence-electron chi connectivity index (χ1n) is 15.6. The SMILES string of the molecule is COC(=O)N[C@H](C(=O)N[C@H]1CCCC[C@@H]1CC[C@H]1CN[C@@H]2CCCS(=O)(=O)N1C2)[C@@H](c1ccc(Cl)cc1)c1cc(F)cc(F)c1. The molecule has 3 aliphatic rings. The number of fused-ring (bicyclic) bond motifs is 2. The number of carbonyl (C=O) groups excluding carboxylic acids is 2. The zero-order chi connectivity index (χ0) is 32.1. The fourth-order valence-electron chi connectivity index (χ4n) is 7.16. The summed E-state index contributed by atoms with van der Waals surface area (Å²) in [6.45, 7) is 1.09. The van der Waals surface area contributed by atoms with Crippen molar-refractivity contribution in [3.63, 3.8) is 0 Å². The number of benzene rings is 2. The number of ether oxygens (including phenoxy) is 1. The molecule has 0 aromatic heterocycles. The Morgan fingerprint density at radius 3 is 2.44 bits per heavy atom. The Morgan fingerprint density at radius 1 is 1.02 bits per heavy atom. The second-order valence-electron chi connectivity index (χ2n) is 12.4. The number of piperazine rings is 1. The van der Waals surface area contributed by atoms with Gasteiger partial charge < -0.3 is 20.7 Å². The number of nitrogens with zero attached hydrogens (tertiary/aromatic N) is 1. The highest BCUT2D eigenvalue weighted by atomic mass is 35.5. The molecular weight excluding hydrogens is 626 g/mol. The Kier molecular flexibility index (Phi) is 11.0. The van der Waals surface area contributed by atoms with Gasteiger partial charge >= 0.3 is 6.09 Å². The maximum Gasteiger partial charge on any atom is 0.407 e. The van der Waals surface area contributed by atoms with Gasteiger partial charge in [-0.3, -0.25) is 4.79 Å². The number of sulfonamides is 1. The molecule has 2 saturated heterocycles. The molecule has 2 aromatic rings. The summed E-state index contributed by atoms with van der Waals surface area (Å²) in [5.41, 5.74) is 0.677. The van der Waals surface area contributed by atoms with Crippen molar-refractivity contribution >= 4 is 33.6 Å². The van der Waals surface area contributed by atoms with E-state index < -0.39 is 45.6 Å². The Hall–Kier alpha value is -2.80. The lowest BCUT2D eigenvalue weighted by Gasteiger charge is -2.39. The van der Waals surface area contributed by atoms with Crippen LogP contribution in [0.2, 0.25) is 5.02 Å². The van der Waals surface area contributed by atoms with Crippen molar-refractivity contribution in [2.75, 3.05) is 26.0 Å². The van der Waals surface area contributed by atoms with Crippen LogP contribution < -0.4 is 16.0 Å². The first-order valence-corrected chi connectivity index (χ1v) is 17.6. The molecular formula is C32H41ClF2N4O5S. The molecule has 1 aliphatic carbocycles. The quantitative estimate of drug-likeness (QED) is 0.358. The van der Waals surface area contributed by atoms with Crippen LogP contribution in [-0.2, 0) is 19.6 Å². The van der Waals surface area contributed by atoms with Crippen molar-refractivity contribution in [2.24, 2.45) is 5.92 Å². The topological polar surface area (TPSA) is 117 Å². The molecule has 0 radical (unpaired) electrons. The second-order valence-corrected chi connectivity index (χ2v) is 14.8. The van der Waals surface area contributed by atoms with E-state index in [1.807, 2.05) is 0 Å². The van der Waals surface area contributed by atoms with Crippen LogP contribution in [-0.4, -0.2) is 74.8 Å². The molecule has 2 amide bonds. The third-order valence-corrected chi connectivity index (χ3v) is 11.6. The number of amides is 2. The van der Waals surface area contributed by atoms with Crippen LogP contribution in [0.25, 0.3) is 0 Å². The van der Waals surface area contributed by atoms with Gasteiger partial charge in [-0.15, -0.1) is 0 Å². The molecule has 1 unspecified atom stereocenters. The third-order valence-electron chi connectivity index (χ3n) is 9.42. The van der Waals surface area contributed by atoms with E-state index >= 15 is 0 Å². The molecule has 9 nitrogen and oxygen atoms in total. The summed E-state index contributed by atoms with van der Waals surface area (Å²) >= 11 is 6.12. The summed E-state index contributed by atoms with van der Waals surface area (Å²) < 4.78 is 61.4. The van der Waals surface area contributed by atoms with Gasteiger partial charge in [-0.2, -0.15) is 4.31 Å². The monoisotopic (exact) mass is 666 g/mol. The average Bonchev–Trinajstić information content (AvgIpc) is 3.12. The summed E-state index contributed by atoms with van der Waals surface area (Å²) in [4.78, 5) is 26.6. The molecule has 7 atom stereocenters. The minimum absolute atomic E-state index is 0.0921. The van der Waals surface area contributed by atoms with Gasteiger partial charge in [0.15, 0.2) is 0 Å². The van der Waals surface area contributed by atoms with Gasteiger partial charge in [0, 0.05) is 48.2 Å². The Balaban J connectivity index is 1.37. The van der Waals surface area contributed by atoms with E-state index in [-0.39, 0.29) is 35.4 Å². The average molecular weight is 667 g/mol. The first-order chi connectivity index (χ1) is 21.5. The van der Waals surface area contributed by atoms with Crippen molar-refractivity contribution in [1.82, 2.24) is 20.3 Å². The fourth-order valence-corrected chi connectivity index (χ4v) is 9.09. The van der Waals surface area contributed by atoms with Crippen molar-refractivity contribution in [2.45, 2.75) is 81.5 Å². The number of alkyl carbamates (subject to hydrolysis) is 1. The van der Waals surface area contributed by atoms with E-state index in [1.165, 1.54) is 7.11 Å². The number of hydrogen-bond acceptors (Lipinski definition) is 6. The maximum atomic E-state index is 14.5. The fraction of sp³-hybridized carbons (Fsp3) is 0.562. The summed E-state index contributed by atoms with van der Waals surface area (Å²) in [6, 6.07) is 8.08. The molecule has 3 N–H and O–H groups in total. The van der Waals surface area contributed by atoms with Gasteiger partial charge in [-0.05, 0) is 79.8 Å². The van der Waals surface area contributed by atoms with Crippen LogP contribution in [0.5, 0.6) is 0 Å². The minimum Gasteiger partial charge on any atom is -0.453 e. The van der Waals surface area contributed by atoms with Gasteiger partial charge in [0.25, 0.3) is 0 Å². The summed E-state index contributed by atoms with van der Waals surface area (Å²) in [5.74, 6) is -2.86. The lowest BCUT2D eigenvalue weighted by Crippen LogP contribution is -2.57. The number of hydrogen-bond donors (Lipinski definition) is 3. The summed E-state index contributed by atoms with van der Waals surface area (Å²) in [7, 11) is -2.14. The zero-order valence-electron chi connectivity index (χ0n) is 25.3. The highest BCUT2D eigenvalue weighted by Gasteiger charge is 2.40. The molecule has 2 aliphatic heterocycles. The van der Waals surface area contributed by atoms with E-state index in [0.717, 1.165) is 50.3 Å². The van der Waals surface area contributed by atoms with Crippen LogP contribution in [0.4, 0.5) is 13.6 Å². The molecule has 5 rings (SSSR count). The van der Waals surface area contributed by atoms with Crippen LogP contribution >= 0.6 is 11.6 Å². The Labute approximate surface area is 268 Å². The van der Waals surface area contributed by atoms with Gasteiger partial charge in [0.05, 0.1) is 12.9 Å². The molecule has 13 heteroatoms. The molecule has 2 bridgehead atoms. The predicted octanol–water partition coefficient (Wildman–Crippen LogP) is 4.70. The van der Waals surface area contributed by atoms with Gasteiger partial charge in [0.2, 0.25) is 15.9 Å². The Morgan fingerprint density at radius 2 is 1.73 bits per heavy atom. The predicted molar refractivity (Wildman–Crippen MR) is 167 cm³/mol. The summed E-state index contributed by atoms with van der Waals surface area (Å²) in [5, 5.41) is 9.71. The lowest BCUT2D eigenvalue weighted by atomic mass is 9.80. The normalized spacial score (nSPS) is 27.4. The first kappa shape index (κ1) is 33.6. The zero-order valence-corrected chi connectivity index (χ0v) is 26.9. The number of halogens is 3. The van der Waals surface area contributed by atoms with E-state index in [0.29, 0.717) is 42.9 Å². The van der Waals surface area contributed by atoms with Crippen molar-refractivity contribution in [3.8, 4) is 0 Å². The number of carbonyl (C=O) groups is 2. The maximum absolute atomic E-state index is 14.5. The van der Waals surface area contributed by atoms with E-state index in [9.17, 15) is 26.8 Å². The molecule has 2 heterocycles. The number of methoxy groups -OCH3 is 1. The van der Waals surface area contributed by atoms with E-state index in [2.05, 4.69) is 16.0 Å². The standard InChI is InChI=1S/C32H41ClF2N4O5S/c1-44-32(41)38-30(29(21-8-11-23(33)12-9-21)22-15-24(34)17-25(35)16-22)31(40)37-28-7-3-2-5-20(28)10-13-27-18-36-26-6-4-14-45(42,43)39(27)19-26/h8-9,11-12,15-17,20,26-30,36H,2-7,10,13-14,18-19H2,1H3,(H,37,40)(H,38,41)/t20-,26-,27+,28+,29+,30+/m1/s1. The van der Waals surface area contributed by atoms with E-state index in [4.69, 9.17) is 16.3 Å². The highest BCUT2D eigenvalue weighted by Crippen LogP contribution is 2.34. The number of rotatable bonds is 9. The van der Waals surface area contributed by atoms with Crippen LogP contribution in [0.1, 0.15) is 68.4 Å².